The Balaban J connectivity index is 1.77. The zero-order chi connectivity index (χ0) is 18.7. The second-order valence-corrected chi connectivity index (χ2v) is 6.71. The molecule has 0 spiro atoms. The molecule has 0 unspecified atom stereocenters. The molecule has 1 N–H and O–H groups in total. The first-order chi connectivity index (χ1) is 12.5. The van der Waals surface area contributed by atoms with Crippen LogP contribution >= 0.6 is 11.3 Å². The summed E-state index contributed by atoms with van der Waals surface area (Å²) in [7, 11) is 3.11. The third kappa shape index (κ3) is 3.67. The Labute approximate surface area is 154 Å². The summed E-state index contributed by atoms with van der Waals surface area (Å²) in [4.78, 5) is 12.3. The van der Waals surface area contributed by atoms with E-state index in [1.807, 2.05) is 13.8 Å². The minimum atomic E-state index is -0.410. The van der Waals surface area contributed by atoms with Crippen LogP contribution in [0.1, 0.15) is 35.3 Å². The maximum Gasteiger partial charge on any atom is 0.279 e. The van der Waals surface area contributed by atoms with E-state index in [4.69, 9.17) is 14.0 Å². The van der Waals surface area contributed by atoms with Gasteiger partial charge in [-0.3, -0.25) is 10.1 Å². The predicted molar refractivity (Wildman–Crippen MR) is 97.0 cm³/mol. The monoisotopic (exact) mass is 374 g/mol. The number of amides is 1. The normalized spacial score (nSPS) is 10.8. The molecule has 3 rings (SSSR count). The third-order valence-corrected chi connectivity index (χ3v) is 4.71. The lowest BCUT2D eigenvalue weighted by atomic mass is 10.1. The van der Waals surface area contributed by atoms with Crippen molar-refractivity contribution in [3.63, 3.8) is 0 Å². The van der Waals surface area contributed by atoms with Crippen molar-refractivity contribution < 1.29 is 18.8 Å². The first-order valence-electron chi connectivity index (χ1n) is 7.85. The first kappa shape index (κ1) is 17.9. The molecule has 2 aromatic heterocycles. The quantitative estimate of drug-likeness (QED) is 0.704. The molecule has 3 aromatic rings. The zero-order valence-corrected chi connectivity index (χ0v) is 15.6. The second kappa shape index (κ2) is 7.52. The van der Waals surface area contributed by atoms with Gasteiger partial charge in [0.1, 0.15) is 5.01 Å². The molecular formula is C17H18N4O4S. The fourth-order valence-corrected chi connectivity index (χ4v) is 2.93. The molecule has 0 atom stereocenters. The molecule has 0 fully saturated rings. The smallest absolute Gasteiger partial charge is 0.279 e. The summed E-state index contributed by atoms with van der Waals surface area (Å²) in [6.07, 6.45) is 0. The number of nitrogens with zero attached hydrogens (tertiary/aromatic N) is 3. The van der Waals surface area contributed by atoms with Crippen LogP contribution in [-0.4, -0.2) is 35.5 Å². The Kier molecular flexibility index (Phi) is 5.17. The Morgan fingerprint density at radius 1 is 1.15 bits per heavy atom. The lowest BCUT2D eigenvalue weighted by Crippen LogP contribution is -2.11. The number of ether oxygens (including phenoxy) is 2. The van der Waals surface area contributed by atoms with Gasteiger partial charge in [0, 0.05) is 17.5 Å². The molecular weight excluding hydrogens is 356 g/mol. The van der Waals surface area contributed by atoms with Crippen molar-refractivity contribution in [2.75, 3.05) is 19.5 Å². The molecule has 1 aromatic carbocycles. The molecule has 136 valence electrons. The molecule has 0 saturated heterocycles. The average Bonchev–Trinajstić information content (AvgIpc) is 3.30. The van der Waals surface area contributed by atoms with Gasteiger partial charge in [-0.15, -0.1) is 10.2 Å². The van der Waals surface area contributed by atoms with Crippen molar-refractivity contribution in [1.29, 1.82) is 0 Å². The average molecular weight is 374 g/mol. The Morgan fingerprint density at radius 2 is 1.92 bits per heavy atom. The van der Waals surface area contributed by atoms with Crippen LogP contribution in [-0.2, 0) is 0 Å². The van der Waals surface area contributed by atoms with Gasteiger partial charge in [-0.2, -0.15) is 0 Å². The van der Waals surface area contributed by atoms with Crippen LogP contribution < -0.4 is 14.8 Å². The number of carbonyl (C=O) groups is 1. The summed E-state index contributed by atoms with van der Waals surface area (Å²) >= 11 is 1.33. The molecule has 2 heterocycles. The lowest BCUT2D eigenvalue weighted by molar-refractivity contribution is 0.101. The number of nitrogens with one attached hydrogen (secondary N) is 1. The Bertz CT molecular complexity index is 919. The number of rotatable bonds is 6. The Hall–Kier alpha value is -2.94. The molecule has 0 aliphatic heterocycles. The molecule has 0 saturated carbocycles. The molecule has 9 heteroatoms. The van der Waals surface area contributed by atoms with E-state index in [0.717, 1.165) is 5.01 Å². The van der Waals surface area contributed by atoms with Crippen LogP contribution in [0.3, 0.4) is 0 Å². The Morgan fingerprint density at radius 3 is 2.58 bits per heavy atom. The fraction of sp³-hybridized carbons (Fsp3) is 0.294. The molecule has 0 aliphatic carbocycles. The van der Waals surface area contributed by atoms with Crippen molar-refractivity contribution in [3.8, 4) is 22.8 Å². The summed E-state index contributed by atoms with van der Waals surface area (Å²) in [5, 5.41) is 15.8. The first-order valence-corrected chi connectivity index (χ1v) is 8.67. The molecule has 0 radical (unpaired) electrons. The van der Waals surface area contributed by atoms with Crippen LogP contribution in [0.5, 0.6) is 11.5 Å². The van der Waals surface area contributed by atoms with Gasteiger partial charge in [-0.05, 0) is 18.2 Å². The maximum atomic E-state index is 12.3. The van der Waals surface area contributed by atoms with Crippen LogP contribution in [0.4, 0.5) is 5.13 Å². The van der Waals surface area contributed by atoms with Gasteiger partial charge in [0.15, 0.2) is 23.0 Å². The van der Waals surface area contributed by atoms with Crippen molar-refractivity contribution >= 4 is 22.4 Å². The highest BCUT2D eigenvalue weighted by atomic mass is 32.1. The largest absolute Gasteiger partial charge is 0.493 e. The van der Waals surface area contributed by atoms with Crippen LogP contribution in [0.2, 0.25) is 0 Å². The van der Waals surface area contributed by atoms with Gasteiger partial charge >= 0.3 is 0 Å². The summed E-state index contributed by atoms with van der Waals surface area (Å²) in [5.41, 5.74) is 0.864. The highest BCUT2D eigenvalue weighted by molar-refractivity contribution is 7.15. The van der Waals surface area contributed by atoms with E-state index in [9.17, 15) is 4.79 Å². The van der Waals surface area contributed by atoms with E-state index in [0.29, 0.717) is 28.0 Å². The number of aromatic nitrogens is 3. The minimum absolute atomic E-state index is 0.149. The van der Waals surface area contributed by atoms with E-state index in [1.165, 1.54) is 11.3 Å². The van der Waals surface area contributed by atoms with Gasteiger partial charge in [0.2, 0.25) is 5.13 Å². The number of anilines is 1. The molecule has 0 bridgehead atoms. The number of hydrogen-bond donors (Lipinski definition) is 1. The lowest BCUT2D eigenvalue weighted by Gasteiger charge is -2.07. The molecule has 1 amide bonds. The summed E-state index contributed by atoms with van der Waals surface area (Å²) in [6.45, 7) is 4.03. The topological polar surface area (TPSA) is 99.4 Å². The zero-order valence-electron chi connectivity index (χ0n) is 14.8. The fourth-order valence-electron chi connectivity index (χ4n) is 2.19. The van der Waals surface area contributed by atoms with Crippen LogP contribution in [0, 0.1) is 0 Å². The third-order valence-electron chi connectivity index (χ3n) is 3.57. The summed E-state index contributed by atoms with van der Waals surface area (Å²) in [6, 6.07) is 6.86. The van der Waals surface area contributed by atoms with Crippen LogP contribution in [0.15, 0.2) is 28.8 Å². The standard InChI is InChI=1S/C17H18N4O4S/c1-9(2)16-19-20-17(26-16)18-15(22)11-8-13(25-21-11)10-5-6-12(23-3)14(7-10)24-4/h5-9H,1-4H3,(H,18,20,22). The minimum Gasteiger partial charge on any atom is -0.493 e. The van der Waals surface area contributed by atoms with E-state index >= 15 is 0 Å². The number of carbonyl (C=O) groups excluding carboxylic acids is 1. The molecule has 0 aliphatic rings. The molecule has 8 nitrogen and oxygen atoms in total. The van der Waals surface area contributed by atoms with Crippen LogP contribution in [0.25, 0.3) is 11.3 Å². The van der Waals surface area contributed by atoms with Crippen molar-refractivity contribution in [3.05, 3.63) is 35.0 Å². The van der Waals surface area contributed by atoms with Gasteiger partial charge in [-0.1, -0.05) is 30.3 Å². The maximum absolute atomic E-state index is 12.3. The summed E-state index contributed by atoms with van der Waals surface area (Å²) < 4.78 is 15.8. The van der Waals surface area contributed by atoms with Gasteiger partial charge in [0.05, 0.1) is 14.2 Å². The summed E-state index contributed by atoms with van der Waals surface area (Å²) in [5.74, 6) is 1.44. The molecule has 26 heavy (non-hydrogen) atoms. The van der Waals surface area contributed by atoms with Gasteiger partial charge < -0.3 is 14.0 Å². The van der Waals surface area contributed by atoms with Gasteiger partial charge in [-0.25, -0.2) is 0 Å². The van der Waals surface area contributed by atoms with Crippen molar-refractivity contribution in [2.45, 2.75) is 19.8 Å². The van der Waals surface area contributed by atoms with E-state index in [2.05, 4.69) is 20.7 Å². The second-order valence-electron chi connectivity index (χ2n) is 5.70. The van der Waals surface area contributed by atoms with Gasteiger partial charge in [0.25, 0.3) is 5.91 Å². The SMILES string of the molecule is COc1ccc(-c2cc(C(=O)Nc3nnc(C(C)C)s3)no2)cc1OC. The van der Waals surface area contributed by atoms with Crippen molar-refractivity contribution in [1.82, 2.24) is 15.4 Å². The number of methoxy groups -OCH3 is 2. The van der Waals surface area contributed by atoms with Crippen molar-refractivity contribution in [2.24, 2.45) is 0 Å². The highest BCUT2D eigenvalue weighted by Gasteiger charge is 2.17. The number of hydrogen-bond acceptors (Lipinski definition) is 8. The van der Waals surface area contributed by atoms with E-state index in [-0.39, 0.29) is 11.6 Å². The van der Waals surface area contributed by atoms with E-state index < -0.39 is 5.91 Å². The highest BCUT2D eigenvalue weighted by Crippen LogP contribution is 2.32. The number of benzene rings is 1. The predicted octanol–water partition coefficient (Wildman–Crippen LogP) is 3.59. The van der Waals surface area contributed by atoms with E-state index in [1.54, 1.807) is 38.5 Å².